The molecule has 0 spiro atoms. The number of nitrogens with zero attached hydrogens (tertiary/aromatic N) is 4. The third kappa shape index (κ3) is 3.49. The zero-order valence-electron chi connectivity index (χ0n) is 15.4. The van der Waals surface area contributed by atoms with Crippen LogP contribution in [0.4, 0.5) is 5.69 Å². The molecule has 140 valence electrons. The molecular formula is C23H16N4O2. The van der Waals surface area contributed by atoms with Gasteiger partial charge in [-0.2, -0.15) is 5.26 Å². The van der Waals surface area contributed by atoms with Gasteiger partial charge in [0.1, 0.15) is 5.82 Å². The highest BCUT2D eigenvalue weighted by Crippen LogP contribution is 2.26. The summed E-state index contributed by atoms with van der Waals surface area (Å²) >= 11 is 0. The van der Waals surface area contributed by atoms with Crippen molar-refractivity contribution in [3.63, 3.8) is 0 Å². The number of rotatable bonds is 4. The highest BCUT2D eigenvalue weighted by atomic mass is 16.3. The van der Waals surface area contributed by atoms with Gasteiger partial charge in [-0.15, -0.1) is 0 Å². The first-order valence-corrected chi connectivity index (χ1v) is 8.97. The van der Waals surface area contributed by atoms with Crippen LogP contribution in [0.25, 0.3) is 16.6 Å². The second-order valence-corrected chi connectivity index (χ2v) is 6.37. The third-order valence-corrected chi connectivity index (χ3v) is 4.54. The van der Waals surface area contributed by atoms with Crippen LogP contribution in [-0.2, 0) is 6.42 Å². The van der Waals surface area contributed by atoms with Gasteiger partial charge in [-0.3, -0.25) is 9.79 Å². The summed E-state index contributed by atoms with van der Waals surface area (Å²) in [5.41, 5.74) is 1.65. The number of aliphatic imine (C=N–C) groups is 1. The Hall–Kier alpha value is -4.24. The molecule has 0 bridgehead atoms. The van der Waals surface area contributed by atoms with Gasteiger partial charge in [0.05, 0.1) is 23.7 Å². The summed E-state index contributed by atoms with van der Waals surface area (Å²) in [5.74, 6) is 0.105. The summed E-state index contributed by atoms with van der Waals surface area (Å²) in [6.45, 7) is 0. The van der Waals surface area contributed by atoms with Gasteiger partial charge in [0.25, 0.3) is 5.56 Å². The largest absolute Gasteiger partial charge is 0.494 e. The molecule has 29 heavy (non-hydrogen) atoms. The van der Waals surface area contributed by atoms with Gasteiger partial charge in [-0.25, -0.2) is 9.55 Å². The lowest BCUT2D eigenvalue weighted by Crippen LogP contribution is -2.20. The Balaban J connectivity index is 1.87. The molecule has 0 saturated carbocycles. The van der Waals surface area contributed by atoms with Gasteiger partial charge >= 0.3 is 0 Å². The second kappa shape index (κ2) is 7.79. The lowest BCUT2D eigenvalue weighted by Gasteiger charge is -2.12. The lowest BCUT2D eigenvalue weighted by molar-refractivity contribution is 0.435. The van der Waals surface area contributed by atoms with E-state index < -0.39 is 0 Å². The first-order chi connectivity index (χ1) is 14.2. The molecule has 0 fully saturated rings. The van der Waals surface area contributed by atoms with Crippen LogP contribution >= 0.6 is 0 Å². The molecule has 0 amide bonds. The highest BCUT2D eigenvalue weighted by Gasteiger charge is 2.16. The summed E-state index contributed by atoms with van der Waals surface area (Å²) < 4.78 is 1.18. The van der Waals surface area contributed by atoms with Crippen LogP contribution in [0.3, 0.4) is 0 Å². The smallest absolute Gasteiger partial charge is 0.267 e. The van der Waals surface area contributed by atoms with E-state index in [2.05, 4.69) is 16.0 Å². The number of benzene rings is 2. The predicted octanol–water partition coefficient (Wildman–Crippen LogP) is 3.91. The maximum atomic E-state index is 13.0. The van der Waals surface area contributed by atoms with Crippen LogP contribution in [-0.4, -0.2) is 20.9 Å². The predicted molar refractivity (Wildman–Crippen MR) is 112 cm³/mol. The number of aromatic nitrogens is 2. The van der Waals surface area contributed by atoms with Crippen LogP contribution in [0.2, 0.25) is 0 Å². The normalized spacial score (nSPS) is 11.0. The molecule has 0 atom stereocenters. The van der Waals surface area contributed by atoms with Crippen molar-refractivity contribution in [1.29, 1.82) is 5.26 Å². The van der Waals surface area contributed by atoms with Gasteiger partial charge < -0.3 is 5.11 Å². The molecular weight excluding hydrogens is 364 g/mol. The second-order valence-electron chi connectivity index (χ2n) is 6.37. The van der Waals surface area contributed by atoms with Crippen molar-refractivity contribution >= 4 is 22.7 Å². The Morgan fingerprint density at radius 2 is 1.76 bits per heavy atom. The maximum absolute atomic E-state index is 13.0. The van der Waals surface area contributed by atoms with Crippen molar-refractivity contribution in [3.8, 4) is 17.8 Å². The van der Waals surface area contributed by atoms with Gasteiger partial charge in [0.15, 0.2) is 0 Å². The van der Waals surface area contributed by atoms with Gasteiger partial charge in [0, 0.05) is 23.2 Å². The molecule has 0 aliphatic heterocycles. The lowest BCUT2D eigenvalue weighted by atomic mass is 10.1. The fourth-order valence-electron chi connectivity index (χ4n) is 3.12. The molecule has 0 unspecified atom stereocenters. The minimum Gasteiger partial charge on any atom is -0.494 e. The Labute approximate surface area is 166 Å². The first-order valence-electron chi connectivity index (χ1n) is 8.97. The van der Waals surface area contributed by atoms with Crippen molar-refractivity contribution in [3.05, 3.63) is 94.4 Å². The molecule has 6 nitrogen and oxygen atoms in total. The molecule has 0 aliphatic rings. The van der Waals surface area contributed by atoms with E-state index >= 15 is 0 Å². The molecule has 0 saturated heterocycles. The van der Waals surface area contributed by atoms with Gasteiger partial charge in [-0.05, 0) is 35.9 Å². The number of fused-ring (bicyclic) bond motifs is 1. The van der Waals surface area contributed by atoms with Crippen molar-refractivity contribution in [2.75, 3.05) is 0 Å². The minimum absolute atomic E-state index is 0.225. The molecule has 2 heterocycles. The number of pyridine rings is 2. The van der Waals surface area contributed by atoms with Crippen molar-refractivity contribution in [1.82, 2.24) is 9.55 Å². The Morgan fingerprint density at radius 1 is 1.03 bits per heavy atom. The SMILES string of the molecule is N#CCc1ccc(N=Cc2c(O)n(-c3ccccn3)c(=O)c3ccccc23)cc1. The van der Waals surface area contributed by atoms with E-state index in [1.165, 1.54) is 10.8 Å². The quantitative estimate of drug-likeness (QED) is 0.544. The molecule has 2 aromatic carbocycles. The Bertz CT molecular complexity index is 1300. The zero-order valence-corrected chi connectivity index (χ0v) is 15.4. The highest BCUT2D eigenvalue weighted by molar-refractivity contribution is 6.02. The summed E-state index contributed by atoms with van der Waals surface area (Å²) in [7, 11) is 0. The van der Waals surface area contributed by atoms with Crippen molar-refractivity contribution in [2.24, 2.45) is 4.99 Å². The number of hydrogen-bond acceptors (Lipinski definition) is 5. The molecule has 2 aromatic heterocycles. The van der Waals surface area contributed by atoms with E-state index in [1.807, 2.05) is 12.1 Å². The van der Waals surface area contributed by atoms with Crippen molar-refractivity contribution < 1.29 is 5.11 Å². The Morgan fingerprint density at radius 3 is 2.45 bits per heavy atom. The fourth-order valence-corrected chi connectivity index (χ4v) is 3.12. The summed E-state index contributed by atoms with van der Waals surface area (Å²) in [5, 5.41) is 20.7. The number of hydrogen-bond donors (Lipinski definition) is 1. The third-order valence-electron chi connectivity index (χ3n) is 4.54. The van der Waals surface area contributed by atoms with Crippen LogP contribution in [0.5, 0.6) is 5.88 Å². The van der Waals surface area contributed by atoms with E-state index in [-0.39, 0.29) is 11.4 Å². The zero-order chi connectivity index (χ0) is 20.2. The van der Waals surface area contributed by atoms with Crippen LogP contribution < -0.4 is 5.56 Å². The molecule has 6 heteroatoms. The standard InChI is InChI=1S/C23H16N4O2/c24-13-12-16-8-10-17(11-9-16)26-15-20-18-5-1-2-6-19(18)22(28)27(23(20)29)21-7-3-4-14-25-21/h1-11,14-15,29H,12H2. The monoisotopic (exact) mass is 380 g/mol. The van der Waals surface area contributed by atoms with E-state index in [4.69, 9.17) is 5.26 Å². The van der Waals surface area contributed by atoms with E-state index in [0.717, 1.165) is 5.56 Å². The van der Waals surface area contributed by atoms with Crippen LogP contribution in [0, 0.1) is 11.3 Å². The van der Waals surface area contributed by atoms with E-state index in [1.54, 1.807) is 60.8 Å². The first kappa shape index (κ1) is 18.1. The van der Waals surface area contributed by atoms with Crippen LogP contribution in [0.15, 0.2) is 82.7 Å². The minimum atomic E-state index is -0.352. The van der Waals surface area contributed by atoms with E-state index in [9.17, 15) is 9.90 Å². The summed E-state index contributed by atoms with van der Waals surface area (Å²) in [6.07, 6.45) is 3.44. The molecule has 4 rings (SSSR count). The molecule has 0 radical (unpaired) electrons. The molecule has 4 aromatic rings. The molecule has 0 aliphatic carbocycles. The van der Waals surface area contributed by atoms with Crippen molar-refractivity contribution in [2.45, 2.75) is 6.42 Å². The fraction of sp³-hybridized carbons (Fsp3) is 0.0435. The maximum Gasteiger partial charge on any atom is 0.267 e. The van der Waals surface area contributed by atoms with Crippen LogP contribution in [0.1, 0.15) is 11.1 Å². The topological polar surface area (TPSA) is 91.3 Å². The summed E-state index contributed by atoms with van der Waals surface area (Å²) in [4.78, 5) is 21.6. The van der Waals surface area contributed by atoms with E-state index in [0.29, 0.717) is 34.3 Å². The molecule has 1 N–H and O–H groups in total. The van der Waals surface area contributed by atoms with Gasteiger partial charge in [0.2, 0.25) is 5.88 Å². The summed E-state index contributed by atoms with van der Waals surface area (Å²) in [6, 6.07) is 21.6. The number of nitriles is 1. The Kier molecular flexibility index (Phi) is 4.87. The average Bonchev–Trinajstić information content (AvgIpc) is 2.76. The average molecular weight is 380 g/mol. The van der Waals surface area contributed by atoms with Gasteiger partial charge in [-0.1, -0.05) is 36.4 Å². The number of aromatic hydroxyl groups is 1.